The lowest BCUT2D eigenvalue weighted by atomic mass is 10.1. The number of nitrogens with one attached hydrogen (secondary N) is 1. The minimum absolute atomic E-state index is 0.156. The molecule has 1 aliphatic rings. The Labute approximate surface area is 148 Å². The Morgan fingerprint density at radius 2 is 2.04 bits per heavy atom. The van der Waals surface area contributed by atoms with Crippen molar-refractivity contribution in [2.75, 3.05) is 32.1 Å². The van der Waals surface area contributed by atoms with Crippen molar-refractivity contribution in [1.82, 2.24) is 10.1 Å². The third-order valence-corrected chi connectivity index (χ3v) is 3.75. The number of fused-ring (bicyclic) bond motifs is 1. The molecule has 3 rings (SSSR count). The average Bonchev–Trinajstić information content (AvgIpc) is 2.98. The van der Waals surface area contributed by atoms with E-state index in [1.165, 1.54) is 18.0 Å². The predicted molar refractivity (Wildman–Crippen MR) is 89.3 cm³/mol. The Hall–Kier alpha value is -2.74. The van der Waals surface area contributed by atoms with E-state index in [4.69, 9.17) is 25.6 Å². The van der Waals surface area contributed by atoms with Gasteiger partial charge in [0.1, 0.15) is 19.0 Å². The summed E-state index contributed by atoms with van der Waals surface area (Å²) in [4.78, 5) is 25.8. The summed E-state index contributed by atoms with van der Waals surface area (Å²) in [6, 6.07) is 4.63. The molecule has 2 amide bonds. The molecule has 0 aliphatic carbocycles. The van der Waals surface area contributed by atoms with Gasteiger partial charge in [0.2, 0.25) is 5.91 Å². The molecule has 0 bridgehead atoms. The summed E-state index contributed by atoms with van der Waals surface area (Å²) in [6.07, 6.45) is 0. The van der Waals surface area contributed by atoms with Gasteiger partial charge in [-0.05, 0) is 19.1 Å². The average molecular weight is 366 g/mol. The summed E-state index contributed by atoms with van der Waals surface area (Å²) in [5, 5.41) is 6.51. The molecule has 1 aromatic heterocycles. The minimum atomic E-state index is -0.396. The maximum Gasteiger partial charge on any atom is 0.254 e. The Balaban J connectivity index is 1.67. The monoisotopic (exact) mass is 365 g/mol. The normalized spacial score (nSPS) is 12.6. The Morgan fingerprint density at radius 1 is 1.28 bits per heavy atom. The van der Waals surface area contributed by atoms with Crippen molar-refractivity contribution in [3.05, 3.63) is 34.5 Å². The molecule has 0 atom stereocenters. The van der Waals surface area contributed by atoms with Gasteiger partial charge in [-0.15, -0.1) is 0 Å². The highest BCUT2D eigenvalue weighted by Crippen LogP contribution is 2.38. The quantitative estimate of drug-likeness (QED) is 0.891. The maximum absolute atomic E-state index is 12.5. The van der Waals surface area contributed by atoms with E-state index < -0.39 is 5.91 Å². The van der Waals surface area contributed by atoms with E-state index in [1.54, 1.807) is 19.1 Å². The standard InChI is InChI=1S/C16H16ClN3O5/c1-9-5-13(19-25-9)18-14(21)8-20(2)16(22)10-6-11(17)15-12(7-10)23-3-4-24-15/h5-7H,3-4,8H2,1-2H3,(H,18,19,21). The molecule has 8 nitrogen and oxygen atoms in total. The van der Waals surface area contributed by atoms with Gasteiger partial charge in [0.15, 0.2) is 17.3 Å². The fourth-order valence-corrected chi connectivity index (χ4v) is 2.61. The van der Waals surface area contributed by atoms with Gasteiger partial charge in [0.05, 0.1) is 11.6 Å². The van der Waals surface area contributed by atoms with Crippen LogP contribution in [-0.2, 0) is 4.79 Å². The lowest BCUT2D eigenvalue weighted by molar-refractivity contribution is -0.116. The van der Waals surface area contributed by atoms with Crippen molar-refractivity contribution >= 4 is 29.2 Å². The van der Waals surface area contributed by atoms with E-state index in [1.807, 2.05) is 0 Å². The fourth-order valence-electron chi connectivity index (χ4n) is 2.35. The molecule has 132 valence electrons. The fraction of sp³-hybridized carbons (Fsp3) is 0.312. The van der Waals surface area contributed by atoms with E-state index in [0.717, 1.165) is 0 Å². The molecule has 9 heteroatoms. The summed E-state index contributed by atoms with van der Waals surface area (Å²) < 4.78 is 15.7. The first-order valence-corrected chi connectivity index (χ1v) is 7.89. The number of carbonyl (C=O) groups is 2. The summed E-state index contributed by atoms with van der Waals surface area (Å²) in [5.41, 5.74) is 0.307. The third kappa shape index (κ3) is 3.85. The second-order valence-electron chi connectivity index (χ2n) is 5.51. The highest BCUT2D eigenvalue weighted by molar-refractivity contribution is 6.32. The smallest absolute Gasteiger partial charge is 0.254 e. The van der Waals surface area contributed by atoms with E-state index in [-0.39, 0.29) is 17.5 Å². The summed E-state index contributed by atoms with van der Waals surface area (Å²) in [7, 11) is 1.51. The van der Waals surface area contributed by atoms with Gasteiger partial charge in [-0.2, -0.15) is 0 Å². The number of aryl methyl sites for hydroxylation is 1. The zero-order valence-corrected chi connectivity index (χ0v) is 14.4. The number of hydrogen-bond acceptors (Lipinski definition) is 6. The van der Waals surface area contributed by atoms with Crippen molar-refractivity contribution in [1.29, 1.82) is 0 Å². The van der Waals surface area contributed by atoms with Gasteiger partial charge in [0.25, 0.3) is 5.91 Å². The van der Waals surface area contributed by atoms with Crippen LogP contribution in [0.4, 0.5) is 5.82 Å². The molecular formula is C16H16ClN3O5. The van der Waals surface area contributed by atoms with Crippen LogP contribution in [-0.4, -0.2) is 48.7 Å². The van der Waals surface area contributed by atoms with Crippen molar-refractivity contribution in [3.63, 3.8) is 0 Å². The largest absolute Gasteiger partial charge is 0.486 e. The lowest BCUT2D eigenvalue weighted by Gasteiger charge is -2.21. The minimum Gasteiger partial charge on any atom is -0.486 e. The van der Waals surface area contributed by atoms with Crippen LogP contribution in [0.1, 0.15) is 16.1 Å². The van der Waals surface area contributed by atoms with Crippen LogP contribution in [0.15, 0.2) is 22.7 Å². The summed E-state index contributed by atoms with van der Waals surface area (Å²) in [6.45, 7) is 2.35. The molecule has 0 unspecified atom stereocenters. The van der Waals surface area contributed by atoms with Crippen LogP contribution in [0.25, 0.3) is 0 Å². The molecule has 0 saturated carbocycles. The maximum atomic E-state index is 12.5. The highest BCUT2D eigenvalue weighted by atomic mass is 35.5. The number of benzene rings is 1. The van der Waals surface area contributed by atoms with Gasteiger partial charge in [-0.1, -0.05) is 16.8 Å². The number of hydrogen-bond donors (Lipinski definition) is 1. The van der Waals surface area contributed by atoms with Crippen LogP contribution in [0, 0.1) is 6.92 Å². The number of anilines is 1. The molecule has 2 heterocycles. The SMILES string of the molecule is Cc1cc(NC(=O)CN(C)C(=O)c2cc(Cl)c3c(c2)OCCO3)no1. The number of ether oxygens (including phenoxy) is 2. The second-order valence-corrected chi connectivity index (χ2v) is 5.92. The molecule has 0 fully saturated rings. The van der Waals surface area contributed by atoms with Gasteiger partial charge in [0, 0.05) is 18.7 Å². The van der Waals surface area contributed by atoms with Crippen LogP contribution >= 0.6 is 11.6 Å². The molecular weight excluding hydrogens is 350 g/mol. The van der Waals surface area contributed by atoms with Gasteiger partial charge in [-0.3, -0.25) is 9.59 Å². The third-order valence-electron chi connectivity index (χ3n) is 3.47. The van der Waals surface area contributed by atoms with Crippen LogP contribution in [0.3, 0.4) is 0 Å². The Morgan fingerprint density at radius 3 is 2.76 bits per heavy atom. The van der Waals surface area contributed by atoms with Gasteiger partial charge in [-0.25, -0.2) is 0 Å². The van der Waals surface area contributed by atoms with E-state index in [0.29, 0.717) is 41.9 Å². The van der Waals surface area contributed by atoms with Gasteiger partial charge >= 0.3 is 0 Å². The number of amides is 2. The first-order valence-electron chi connectivity index (χ1n) is 7.52. The van der Waals surface area contributed by atoms with Crippen LogP contribution in [0.2, 0.25) is 5.02 Å². The number of carbonyl (C=O) groups excluding carboxylic acids is 2. The number of halogens is 1. The van der Waals surface area contributed by atoms with Crippen molar-refractivity contribution < 1.29 is 23.6 Å². The number of nitrogens with zero attached hydrogens (tertiary/aromatic N) is 2. The van der Waals surface area contributed by atoms with E-state index in [9.17, 15) is 9.59 Å². The predicted octanol–water partition coefficient (Wildman–Crippen LogP) is 2.12. The molecule has 1 aromatic carbocycles. The molecule has 25 heavy (non-hydrogen) atoms. The second kappa shape index (κ2) is 7.02. The molecule has 1 N–H and O–H groups in total. The molecule has 0 radical (unpaired) electrons. The summed E-state index contributed by atoms with van der Waals surface area (Å²) >= 11 is 6.14. The van der Waals surface area contributed by atoms with Crippen molar-refractivity contribution in [2.24, 2.45) is 0 Å². The highest BCUT2D eigenvalue weighted by Gasteiger charge is 2.22. The Kier molecular flexibility index (Phi) is 4.80. The van der Waals surface area contributed by atoms with E-state index in [2.05, 4.69) is 10.5 Å². The Bertz CT molecular complexity index is 820. The summed E-state index contributed by atoms with van der Waals surface area (Å²) in [5.74, 6) is 0.943. The number of rotatable bonds is 4. The molecule has 0 saturated heterocycles. The zero-order valence-electron chi connectivity index (χ0n) is 13.7. The molecule has 2 aromatic rings. The molecule has 1 aliphatic heterocycles. The first kappa shape index (κ1) is 17.1. The van der Waals surface area contributed by atoms with Gasteiger partial charge < -0.3 is 24.2 Å². The van der Waals surface area contributed by atoms with E-state index >= 15 is 0 Å². The van der Waals surface area contributed by atoms with Crippen LogP contribution in [0.5, 0.6) is 11.5 Å². The number of likely N-dealkylation sites (N-methyl/N-ethyl adjacent to an activating group) is 1. The lowest BCUT2D eigenvalue weighted by Crippen LogP contribution is -2.35. The molecule has 0 spiro atoms. The zero-order chi connectivity index (χ0) is 18.0. The topological polar surface area (TPSA) is 93.9 Å². The number of aromatic nitrogens is 1. The van der Waals surface area contributed by atoms with Crippen molar-refractivity contribution in [3.8, 4) is 11.5 Å². The van der Waals surface area contributed by atoms with Crippen molar-refractivity contribution in [2.45, 2.75) is 6.92 Å². The first-order chi connectivity index (χ1) is 11.9. The van der Waals surface area contributed by atoms with Crippen LogP contribution < -0.4 is 14.8 Å².